The van der Waals surface area contributed by atoms with Gasteiger partial charge in [-0.25, -0.2) is 0 Å². The highest BCUT2D eigenvalue weighted by Crippen LogP contribution is 2.47. The first-order chi connectivity index (χ1) is 14.8. The molecule has 5 rings (SSSR count). The summed E-state index contributed by atoms with van der Waals surface area (Å²) in [6, 6.07) is 4.65. The summed E-state index contributed by atoms with van der Waals surface area (Å²) in [6.45, 7) is 1.02. The van der Waals surface area contributed by atoms with Crippen molar-refractivity contribution >= 4 is 17.5 Å². The van der Waals surface area contributed by atoms with Crippen molar-refractivity contribution in [3.8, 4) is 17.2 Å². The molecule has 1 heterocycles. The Hall–Kier alpha value is -3.39. The molecule has 1 aliphatic heterocycles. The van der Waals surface area contributed by atoms with Crippen LogP contribution in [0.3, 0.4) is 0 Å². The summed E-state index contributed by atoms with van der Waals surface area (Å²) in [5, 5.41) is 22.0. The quantitative estimate of drug-likeness (QED) is 0.528. The van der Waals surface area contributed by atoms with Gasteiger partial charge in [0, 0.05) is 41.7 Å². The van der Waals surface area contributed by atoms with Gasteiger partial charge in [0.15, 0.2) is 5.78 Å². The maximum Gasteiger partial charge on any atom is 0.226 e. The molecular weight excluding hydrogens is 400 g/mol. The molecule has 0 saturated carbocycles. The lowest BCUT2D eigenvalue weighted by Crippen LogP contribution is -2.59. The summed E-state index contributed by atoms with van der Waals surface area (Å²) in [5.41, 5.74) is 6.34. The molecule has 0 radical (unpaired) electrons. The van der Waals surface area contributed by atoms with E-state index in [4.69, 9.17) is 10.5 Å². The van der Waals surface area contributed by atoms with Gasteiger partial charge in [-0.3, -0.25) is 14.4 Å². The number of fused-ring (bicyclic) bond motifs is 3. The molecule has 1 amide bonds. The van der Waals surface area contributed by atoms with Crippen LogP contribution in [-0.2, 0) is 17.6 Å². The number of hydrogen-bond donors (Lipinski definition) is 3. The summed E-state index contributed by atoms with van der Waals surface area (Å²) < 4.78 is 5.25. The summed E-state index contributed by atoms with van der Waals surface area (Å²) in [6.07, 6.45) is 0.989. The molecule has 0 spiro atoms. The van der Waals surface area contributed by atoms with Crippen LogP contribution in [0, 0.1) is 5.92 Å². The van der Waals surface area contributed by atoms with Crippen LogP contribution < -0.4 is 10.5 Å². The van der Waals surface area contributed by atoms with E-state index in [0.717, 1.165) is 0 Å². The van der Waals surface area contributed by atoms with Gasteiger partial charge >= 0.3 is 0 Å². The number of nitrogens with zero attached hydrogens (tertiary/aromatic N) is 1. The Morgan fingerprint density at radius 2 is 1.74 bits per heavy atom. The first-order valence-corrected chi connectivity index (χ1v) is 10.2. The molecule has 2 aromatic carbocycles. The molecule has 2 aliphatic carbocycles. The number of ether oxygens (including phenoxy) is 1. The number of nitrogens with two attached hydrogens (primary N) is 1. The third kappa shape index (κ3) is 2.68. The van der Waals surface area contributed by atoms with Crippen LogP contribution >= 0.6 is 0 Å². The van der Waals surface area contributed by atoms with Gasteiger partial charge in [0.1, 0.15) is 17.2 Å². The van der Waals surface area contributed by atoms with Crippen molar-refractivity contribution in [2.45, 2.75) is 25.3 Å². The van der Waals surface area contributed by atoms with E-state index in [-0.39, 0.29) is 63.8 Å². The van der Waals surface area contributed by atoms with Gasteiger partial charge in [0.05, 0.1) is 23.8 Å². The Balaban J connectivity index is 1.60. The lowest BCUT2D eigenvalue weighted by molar-refractivity contribution is -0.140. The Bertz CT molecular complexity index is 1170. The fourth-order valence-corrected chi connectivity index (χ4v) is 4.97. The smallest absolute Gasteiger partial charge is 0.226 e. The van der Waals surface area contributed by atoms with E-state index in [0.29, 0.717) is 37.1 Å². The number of methoxy groups -OCH3 is 1. The van der Waals surface area contributed by atoms with Crippen LogP contribution in [0.2, 0.25) is 0 Å². The zero-order valence-corrected chi connectivity index (χ0v) is 17.0. The predicted octanol–water partition coefficient (Wildman–Crippen LogP) is 1.16. The van der Waals surface area contributed by atoms with Crippen LogP contribution in [0.1, 0.15) is 49.4 Å². The summed E-state index contributed by atoms with van der Waals surface area (Å²) >= 11 is 0. The molecule has 1 atom stereocenters. The third-order valence-electron chi connectivity index (χ3n) is 6.60. The minimum atomic E-state index is -0.564. The second-order valence-corrected chi connectivity index (χ2v) is 8.39. The molecule has 1 fully saturated rings. The molecular formula is C23H22N2O6. The van der Waals surface area contributed by atoms with Crippen molar-refractivity contribution in [3.05, 3.63) is 51.6 Å². The minimum absolute atomic E-state index is 0.00927. The Morgan fingerprint density at radius 1 is 1.06 bits per heavy atom. The van der Waals surface area contributed by atoms with E-state index in [1.807, 2.05) is 0 Å². The number of hydrogen-bond acceptors (Lipinski definition) is 7. The van der Waals surface area contributed by atoms with Gasteiger partial charge in [0.2, 0.25) is 11.7 Å². The predicted molar refractivity (Wildman–Crippen MR) is 110 cm³/mol. The van der Waals surface area contributed by atoms with Crippen molar-refractivity contribution in [2.24, 2.45) is 11.7 Å². The normalized spacial score (nSPS) is 19.9. The van der Waals surface area contributed by atoms with Crippen LogP contribution in [0.5, 0.6) is 17.2 Å². The molecule has 160 valence electrons. The second-order valence-electron chi connectivity index (χ2n) is 8.39. The Morgan fingerprint density at radius 3 is 2.42 bits per heavy atom. The maximum atomic E-state index is 13.3. The molecule has 31 heavy (non-hydrogen) atoms. The fourth-order valence-electron chi connectivity index (χ4n) is 4.97. The van der Waals surface area contributed by atoms with Crippen LogP contribution in [0.4, 0.5) is 0 Å². The molecule has 3 aliphatic rings. The van der Waals surface area contributed by atoms with E-state index in [9.17, 15) is 24.6 Å². The first-order valence-electron chi connectivity index (χ1n) is 10.2. The monoisotopic (exact) mass is 422 g/mol. The summed E-state index contributed by atoms with van der Waals surface area (Å²) in [7, 11) is 1.40. The average Bonchev–Trinajstić information content (AvgIpc) is 2.76. The van der Waals surface area contributed by atoms with Crippen molar-refractivity contribution in [1.82, 2.24) is 4.90 Å². The number of aromatic hydroxyl groups is 2. The number of carbonyl (C=O) groups excluding carboxylic acids is 3. The number of benzene rings is 2. The number of phenols is 2. The van der Waals surface area contributed by atoms with Gasteiger partial charge in [-0.2, -0.15) is 0 Å². The summed E-state index contributed by atoms with van der Waals surface area (Å²) in [4.78, 5) is 40.9. The molecule has 1 unspecified atom stereocenters. The van der Waals surface area contributed by atoms with Gasteiger partial charge in [-0.1, -0.05) is 12.1 Å². The number of ketones is 2. The molecule has 8 heteroatoms. The van der Waals surface area contributed by atoms with Crippen molar-refractivity contribution < 1.29 is 29.3 Å². The van der Waals surface area contributed by atoms with Gasteiger partial charge < -0.3 is 25.6 Å². The van der Waals surface area contributed by atoms with Crippen molar-refractivity contribution in [1.29, 1.82) is 0 Å². The van der Waals surface area contributed by atoms with Gasteiger partial charge in [-0.15, -0.1) is 0 Å². The number of amides is 1. The first kappa shape index (κ1) is 19.6. The van der Waals surface area contributed by atoms with E-state index >= 15 is 0 Å². The maximum absolute atomic E-state index is 13.3. The highest BCUT2D eigenvalue weighted by atomic mass is 16.5. The molecule has 0 aromatic heterocycles. The highest BCUT2D eigenvalue weighted by Gasteiger charge is 2.42. The SMILES string of the molecule is COc1cccc2c1C(=O)c1c(O)c3c(c(O)c1C2=O)CC(C(=O)N1CC(N)C1)CC3. The minimum Gasteiger partial charge on any atom is -0.507 e. The van der Waals surface area contributed by atoms with E-state index in [1.165, 1.54) is 13.2 Å². The number of carbonyl (C=O) groups is 3. The topological polar surface area (TPSA) is 130 Å². The van der Waals surface area contributed by atoms with E-state index < -0.39 is 11.6 Å². The molecule has 1 saturated heterocycles. The van der Waals surface area contributed by atoms with E-state index in [2.05, 4.69) is 0 Å². The van der Waals surface area contributed by atoms with Gasteiger partial charge in [-0.05, 0) is 25.3 Å². The zero-order valence-electron chi connectivity index (χ0n) is 17.0. The number of rotatable bonds is 2. The summed E-state index contributed by atoms with van der Waals surface area (Å²) in [5.74, 6) is -1.92. The van der Waals surface area contributed by atoms with Crippen molar-refractivity contribution in [2.75, 3.05) is 20.2 Å². The van der Waals surface area contributed by atoms with Crippen LogP contribution in [0.25, 0.3) is 0 Å². The van der Waals surface area contributed by atoms with Crippen LogP contribution in [-0.4, -0.2) is 58.8 Å². The van der Waals surface area contributed by atoms with Crippen molar-refractivity contribution in [3.63, 3.8) is 0 Å². The van der Waals surface area contributed by atoms with Crippen LogP contribution in [0.15, 0.2) is 18.2 Å². The number of phenolic OH excluding ortho intramolecular Hbond substituents is 2. The molecule has 2 aromatic rings. The second kappa shape index (κ2) is 6.81. The average molecular weight is 422 g/mol. The molecule has 8 nitrogen and oxygen atoms in total. The number of likely N-dealkylation sites (tertiary alicyclic amines) is 1. The lowest BCUT2D eigenvalue weighted by Gasteiger charge is -2.40. The standard InChI is InChI=1S/C23H22N2O6/c1-31-15-4-2-3-13-16(15)22(29)18-17(20(13)27)21(28)14-7-10(5-6-12(14)19(18)26)23(30)25-8-11(24)9-25/h2-4,10-11,26,28H,5-9,24H2,1H3. The third-order valence-corrected chi connectivity index (χ3v) is 6.60. The molecule has 0 bridgehead atoms. The Kier molecular flexibility index (Phi) is 4.30. The Labute approximate surface area is 178 Å². The van der Waals surface area contributed by atoms with Gasteiger partial charge in [0.25, 0.3) is 0 Å². The highest BCUT2D eigenvalue weighted by molar-refractivity contribution is 6.31. The fraction of sp³-hybridized carbons (Fsp3) is 0.348. The zero-order chi connectivity index (χ0) is 22.0. The van der Waals surface area contributed by atoms with E-state index in [1.54, 1.807) is 17.0 Å². The molecule has 4 N–H and O–H groups in total. The largest absolute Gasteiger partial charge is 0.507 e. The lowest BCUT2D eigenvalue weighted by atomic mass is 9.75.